The van der Waals surface area contributed by atoms with E-state index in [0.717, 1.165) is 31.2 Å². The quantitative estimate of drug-likeness (QED) is 0.814. The first kappa shape index (κ1) is 11.9. The molecule has 2 amide bonds. The normalized spacial score (nSPS) is 17.8. The second-order valence-corrected chi connectivity index (χ2v) is 4.50. The molecule has 4 heteroatoms. The van der Waals surface area contributed by atoms with E-state index in [9.17, 15) is 9.18 Å². The first-order chi connectivity index (χ1) is 8.16. The third kappa shape index (κ3) is 2.40. The van der Waals surface area contributed by atoms with Gasteiger partial charge in [-0.25, -0.2) is 9.18 Å². The Bertz CT molecular complexity index is 396. The number of halogens is 1. The zero-order valence-electron chi connectivity index (χ0n) is 9.92. The van der Waals surface area contributed by atoms with Gasteiger partial charge in [0.25, 0.3) is 0 Å². The van der Waals surface area contributed by atoms with Crippen LogP contribution in [0.3, 0.4) is 0 Å². The van der Waals surface area contributed by atoms with Crippen molar-refractivity contribution in [3.8, 4) is 0 Å². The minimum Gasteiger partial charge on any atom is -0.341 e. The van der Waals surface area contributed by atoms with Crippen molar-refractivity contribution >= 4 is 6.03 Å². The molecule has 0 saturated heterocycles. The van der Waals surface area contributed by atoms with Crippen molar-refractivity contribution in [3.05, 3.63) is 35.6 Å². The lowest BCUT2D eigenvalue weighted by Crippen LogP contribution is -2.47. The highest BCUT2D eigenvalue weighted by Crippen LogP contribution is 2.38. The fourth-order valence-electron chi connectivity index (χ4n) is 2.51. The van der Waals surface area contributed by atoms with E-state index in [4.69, 9.17) is 0 Å². The van der Waals surface area contributed by atoms with Crippen molar-refractivity contribution in [2.45, 2.75) is 31.2 Å². The lowest BCUT2D eigenvalue weighted by Gasteiger charge is -2.30. The largest absolute Gasteiger partial charge is 0.341 e. The number of hydrogen-bond acceptors (Lipinski definition) is 1. The summed E-state index contributed by atoms with van der Waals surface area (Å²) in [5.41, 5.74) is 0.661. The Morgan fingerprint density at radius 1 is 1.24 bits per heavy atom. The lowest BCUT2D eigenvalue weighted by molar-refractivity contribution is 0.226. The number of carbonyl (C=O) groups excluding carboxylic acids is 1. The van der Waals surface area contributed by atoms with Crippen molar-refractivity contribution in [2.75, 3.05) is 7.05 Å². The third-order valence-corrected chi connectivity index (χ3v) is 3.43. The van der Waals surface area contributed by atoms with Crippen molar-refractivity contribution < 1.29 is 9.18 Å². The van der Waals surface area contributed by atoms with Crippen molar-refractivity contribution in [1.82, 2.24) is 10.6 Å². The van der Waals surface area contributed by atoms with E-state index < -0.39 is 0 Å². The Kier molecular flexibility index (Phi) is 3.31. The molecule has 0 atom stereocenters. The molecule has 0 radical (unpaired) electrons. The summed E-state index contributed by atoms with van der Waals surface area (Å²) in [4.78, 5) is 11.5. The van der Waals surface area contributed by atoms with Crippen LogP contribution in [0.2, 0.25) is 0 Å². The van der Waals surface area contributed by atoms with Gasteiger partial charge in [0.2, 0.25) is 0 Å². The molecule has 1 aromatic carbocycles. The predicted octanol–water partition coefficient (Wildman–Crippen LogP) is 2.52. The maximum atomic E-state index is 12.9. The summed E-state index contributed by atoms with van der Waals surface area (Å²) in [6.07, 6.45) is 3.99. The van der Waals surface area contributed by atoms with Crippen LogP contribution in [0.15, 0.2) is 24.3 Å². The van der Waals surface area contributed by atoms with E-state index in [0.29, 0.717) is 0 Å². The molecule has 0 heterocycles. The average molecular weight is 236 g/mol. The van der Waals surface area contributed by atoms with E-state index in [1.54, 1.807) is 19.2 Å². The van der Waals surface area contributed by atoms with Gasteiger partial charge in [0.15, 0.2) is 0 Å². The molecular formula is C13H17FN2O. The van der Waals surface area contributed by atoms with Crippen LogP contribution in [0.5, 0.6) is 0 Å². The van der Waals surface area contributed by atoms with Gasteiger partial charge >= 0.3 is 6.03 Å². The van der Waals surface area contributed by atoms with Crippen molar-refractivity contribution in [1.29, 1.82) is 0 Å². The van der Waals surface area contributed by atoms with Crippen LogP contribution < -0.4 is 10.6 Å². The van der Waals surface area contributed by atoms with Gasteiger partial charge in [0, 0.05) is 7.05 Å². The van der Waals surface area contributed by atoms with E-state index in [-0.39, 0.29) is 17.4 Å². The maximum Gasteiger partial charge on any atom is 0.315 e. The molecule has 0 unspecified atom stereocenters. The Morgan fingerprint density at radius 2 is 1.82 bits per heavy atom. The highest BCUT2D eigenvalue weighted by atomic mass is 19.1. The fraction of sp³-hybridized carbons (Fsp3) is 0.462. The van der Waals surface area contributed by atoms with Crippen molar-refractivity contribution in [2.24, 2.45) is 0 Å². The molecule has 1 aliphatic rings. The molecule has 1 aromatic rings. The summed E-state index contributed by atoms with van der Waals surface area (Å²) in [5, 5.41) is 5.58. The monoisotopic (exact) mass is 236 g/mol. The van der Waals surface area contributed by atoms with Gasteiger partial charge in [0.1, 0.15) is 5.82 Å². The lowest BCUT2D eigenvalue weighted by atomic mass is 9.88. The molecule has 17 heavy (non-hydrogen) atoms. The third-order valence-electron chi connectivity index (χ3n) is 3.43. The first-order valence-corrected chi connectivity index (χ1v) is 5.92. The maximum absolute atomic E-state index is 12.9. The Balaban J connectivity index is 2.27. The van der Waals surface area contributed by atoms with Crippen LogP contribution in [0.4, 0.5) is 9.18 Å². The molecule has 1 fully saturated rings. The zero-order valence-corrected chi connectivity index (χ0v) is 9.92. The van der Waals surface area contributed by atoms with E-state index in [1.807, 2.05) is 0 Å². The molecular weight excluding hydrogens is 219 g/mol. The van der Waals surface area contributed by atoms with Gasteiger partial charge < -0.3 is 10.6 Å². The molecule has 92 valence electrons. The Hall–Kier alpha value is -1.58. The van der Waals surface area contributed by atoms with Crippen LogP contribution in [0.1, 0.15) is 31.2 Å². The van der Waals surface area contributed by atoms with Crippen LogP contribution in [0.25, 0.3) is 0 Å². The van der Waals surface area contributed by atoms with Crippen LogP contribution in [-0.4, -0.2) is 13.1 Å². The summed E-state index contributed by atoms with van der Waals surface area (Å²) in [7, 11) is 1.60. The minimum atomic E-state index is -0.326. The number of hydrogen-bond donors (Lipinski definition) is 2. The number of carbonyl (C=O) groups is 1. The highest BCUT2D eigenvalue weighted by molar-refractivity contribution is 5.74. The van der Waals surface area contributed by atoms with Crippen molar-refractivity contribution in [3.63, 3.8) is 0 Å². The molecule has 0 bridgehead atoms. The summed E-state index contributed by atoms with van der Waals surface area (Å²) in [5.74, 6) is -0.248. The van der Waals surface area contributed by atoms with Gasteiger partial charge in [-0.15, -0.1) is 0 Å². The molecule has 3 nitrogen and oxygen atoms in total. The number of amides is 2. The molecule has 1 aliphatic carbocycles. The summed E-state index contributed by atoms with van der Waals surface area (Å²) < 4.78 is 12.9. The van der Waals surface area contributed by atoms with E-state index in [2.05, 4.69) is 10.6 Å². The SMILES string of the molecule is CNC(=O)NC1(c2ccc(F)cc2)CCCC1. The topological polar surface area (TPSA) is 41.1 Å². The average Bonchev–Trinajstić information content (AvgIpc) is 2.79. The van der Waals surface area contributed by atoms with Gasteiger partial charge in [-0.3, -0.25) is 0 Å². The number of urea groups is 1. The summed E-state index contributed by atoms with van der Waals surface area (Å²) in [6, 6.07) is 6.23. The van der Waals surface area contributed by atoms with Crippen LogP contribution in [0, 0.1) is 5.82 Å². The Morgan fingerprint density at radius 3 is 2.35 bits per heavy atom. The molecule has 0 spiro atoms. The van der Waals surface area contributed by atoms with Crippen LogP contribution >= 0.6 is 0 Å². The fourth-order valence-corrected chi connectivity index (χ4v) is 2.51. The van der Waals surface area contributed by atoms with Crippen LogP contribution in [-0.2, 0) is 5.54 Å². The standard InChI is InChI=1S/C13H17FN2O/c1-15-12(17)16-13(8-2-3-9-13)10-4-6-11(14)7-5-10/h4-7H,2-3,8-9H2,1H3,(H2,15,16,17). The second kappa shape index (κ2) is 4.73. The zero-order chi connectivity index (χ0) is 12.3. The van der Waals surface area contributed by atoms with Gasteiger partial charge in [-0.2, -0.15) is 0 Å². The van der Waals surface area contributed by atoms with Gasteiger partial charge in [-0.05, 0) is 30.5 Å². The van der Waals surface area contributed by atoms with E-state index >= 15 is 0 Å². The predicted molar refractivity (Wildman–Crippen MR) is 64.1 cm³/mol. The molecule has 1 saturated carbocycles. The van der Waals surface area contributed by atoms with E-state index in [1.165, 1.54) is 12.1 Å². The molecule has 0 aromatic heterocycles. The number of benzene rings is 1. The molecule has 2 rings (SSSR count). The minimum absolute atomic E-state index is 0.184. The number of rotatable bonds is 2. The molecule has 0 aliphatic heterocycles. The highest BCUT2D eigenvalue weighted by Gasteiger charge is 2.36. The molecule has 2 N–H and O–H groups in total. The first-order valence-electron chi connectivity index (χ1n) is 5.92. The summed E-state index contributed by atoms with van der Waals surface area (Å²) in [6.45, 7) is 0. The Labute approximate surface area is 100 Å². The summed E-state index contributed by atoms with van der Waals surface area (Å²) >= 11 is 0. The smallest absolute Gasteiger partial charge is 0.315 e. The van der Waals surface area contributed by atoms with Gasteiger partial charge in [-0.1, -0.05) is 25.0 Å². The second-order valence-electron chi connectivity index (χ2n) is 4.50. The van der Waals surface area contributed by atoms with Gasteiger partial charge in [0.05, 0.1) is 5.54 Å². The number of nitrogens with one attached hydrogen (secondary N) is 2.